The molecule has 0 aromatic heterocycles. The number of fused-ring (bicyclic) bond motifs is 1. The minimum Gasteiger partial charge on any atom is -0.493 e. The van der Waals surface area contributed by atoms with Crippen molar-refractivity contribution in [1.29, 1.82) is 0 Å². The number of amides is 1. The molecule has 6 heteroatoms. The molecule has 2 aliphatic heterocycles. The first kappa shape index (κ1) is 21.1. The number of hydrogen-bond donors (Lipinski definition) is 0. The Kier molecular flexibility index (Phi) is 6.07. The molecule has 4 rings (SSSR count). The van der Waals surface area contributed by atoms with Crippen molar-refractivity contribution < 1.29 is 23.7 Å². The van der Waals surface area contributed by atoms with Crippen LogP contribution in [0, 0.1) is 0 Å². The maximum atomic E-state index is 13.7. The van der Waals surface area contributed by atoms with E-state index in [-0.39, 0.29) is 11.9 Å². The van der Waals surface area contributed by atoms with Crippen molar-refractivity contribution in [2.24, 2.45) is 0 Å². The largest absolute Gasteiger partial charge is 0.493 e. The SMILES string of the molecule is COc1ccc(C2=C(c3ccc(OC)c(OC)c3)C(=O)N3CCCCC3C2)cc1OC. The normalized spacial score (nSPS) is 18.5. The molecule has 31 heavy (non-hydrogen) atoms. The average molecular weight is 424 g/mol. The van der Waals surface area contributed by atoms with Gasteiger partial charge in [0.25, 0.3) is 5.91 Å². The first-order valence-electron chi connectivity index (χ1n) is 10.6. The molecule has 2 heterocycles. The number of rotatable bonds is 6. The number of ether oxygens (including phenoxy) is 4. The van der Waals surface area contributed by atoms with E-state index in [1.807, 2.05) is 41.3 Å². The van der Waals surface area contributed by atoms with Crippen LogP contribution in [0.3, 0.4) is 0 Å². The second kappa shape index (κ2) is 8.92. The average Bonchev–Trinajstić information content (AvgIpc) is 2.83. The van der Waals surface area contributed by atoms with E-state index in [2.05, 4.69) is 0 Å². The standard InChI is InChI=1S/C25H29NO5/c1-28-20-10-8-16(13-22(20)30-3)19-15-18-7-5-6-12-26(18)25(27)24(19)17-9-11-21(29-2)23(14-17)31-4/h8-11,13-14,18H,5-7,12,15H2,1-4H3. The molecule has 2 aromatic rings. The van der Waals surface area contributed by atoms with Crippen LogP contribution in [0.2, 0.25) is 0 Å². The molecule has 2 aliphatic rings. The van der Waals surface area contributed by atoms with Gasteiger partial charge >= 0.3 is 0 Å². The van der Waals surface area contributed by atoms with Crippen LogP contribution in [-0.4, -0.2) is 51.8 Å². The molecule has 0 saturated carbocycles. The minimum absolute atomic E-state index is 0.0768. The van der Waals surface area contributed by atoms with Gasteiger partial charge in [-0.15, -0.1) is 0 Å². The van der Waals surface area contributed by atoms with Gasteiger partial charge in [0.1, 0.15) is 0 Å². The highest BCUT2D eigenvalue weighted by Crippen LogP contribution is 2.43. The molecule has 1 atom stereocenters. The molecule has 2 aromatic carbocycles. The fourth-order valence-corrected chi connectivity index (χ4v) is 4.67. The Morgan fingerprint density at radius 1 is 0.774 bits per heavy atom. The fraction of sp³-hybridized carbons (Fsp3) is 0.400. The maximum absolute atomic E-state index is 13.7. The lowest BCUT2D eigenvalue weighted by Crippen LogP contribution is -2.47. The molecule has 6 nitrogen and oxygen atoms in total. The van der Waals surface area contributed by atoms with E-state index >= 15 is 0 Å². The highest BCUT2D eigenvalue weighted by molar-refractivity contribution is 6.28. The lowest BCUT2D eigenvalue weighted by Gasteiger charge is -2.41. The fourth-order valence-electron chi connectivity index (χ4n) is 4.67. The highest BCUT2D eigenvalue weighted by atomic mass is 16.5. The summed E-state index contributed by atoms with van der Waals surface area (Å²) in [7, 11) is 6.46. The van der Waals surface area contributed by atoms with Gasteiger partial charge in [0.2, 0.25) is 0 Å². The van der Waals surface area contributed by atoms with Crippen molar-refractivity contribution in [3.8, 4) is 23.0 Å². The third kappa shape index (κ3) is 3.82. The summed E-state index contributed by atoms with van der Waals surface area (Å²) in [6, 6.07) is 11.8. The highest BCUT2D eigenvalue weighted by Gasteiger charge is 2.37. The van der Waals surface area contributed by atoms with Gasteiger partial charge < -0.3 is 23.8 Å². The van der Waals surface area contributed by atoms with Gasteiger partial charge in [-0.1, -0.05) is 12.1 Å². The van der Waals surface area contributed by atoms with Crippen LogP contribution >= 0.6 is 0 Å². The van der Waals surface area contributed by atoms with Crippen LogP contribution in [0.1, 0.15) is 36.8 Å². The summed E-state index contributed by atoms with van der Waals surface area (Å²) in [4.78, 5) is 15.8. The zero-order valence-electron chi connectivity index (χ0n) is 18.6. The molecule has 164 valence electrons. The number of hydrogen-bond acceptors (Lipinski definition) is 5. The number of carbonyl (C=O) groups is 1. The second-order valence-corrected chi connectivity index (χ2v) is 7.85. The van der Waals surface area contributed by atoms with E-state index in [0.29, 0.717) is 28.6 Å². The van der Waals surface area contributed by atoms with Crippen molar-refractivity contribution in [2.75, 3.05) is 35.0 Å². The minimum atomic E-state index is 0.0768. The Morgan fingerprint density at radius 2 is 1.35 bits per heavy atom. The summed E-state index contributed by atoms with van der Waals surface area (Å²) >= 11 is 0. The van der Waals surface area contributed by atoms with E-state index in [4.69, 9.17) is 18.9 Å². The topological polar surface area (TPSA) is 57.2 Å². The van der Waals surface area contributed by atoms with Crippen LogP contribution in [0.4, 0.5) is 0 Å². The van der Waals surface area contributed by atoms with E-state index in [1.165, 1.54) is 0 Å². The third-order valence-electron chi connectivity index (χ3n) is 6.25. The molecule has 0 aliphatic carbocycles. The first-order valence-corrected chi connectivity index (χ1v) is 10.6. The smallest absolute Gasteiger partial charge is 0.255 e. The molecule has 1 saturated heterocycles. The van der Waals surface area contributed by atoms with Gasteiger partial charge in [-0.25, -0.2) is 0 Å². The Balaban J connectivity index is 1.90. The molecule has 1 fully saturated rings. The molecule has 0 radical (unpaired) electrons. The summed E-state index contributed by atoms with van der Waals surface area (Å²) in [6.45, 7) is 0.805. The van der Waals surface area contributed by atoms with Crippen molar-refractivity contribution in [2.45, 2.75) is 31.7 Å². The van der Waals surface area contributed by atoms with Gasteiger partial charge in [0, 0.05) is 12.6 Å². The lowest BCUT2D eigenvalue weighted by atomic mass is 9.82. The third-order valence-corrected chi connectivity index (χ3v) is 6.25. The molecule has 0 N–H and O–H groups in total. The van der Waals surface area contributed by atoms with Crippen molar-refractivity contribution in [3.63, 3.8) is 0 Å². The summed E-state index contributed by atoms with van der Waals surface area (Å²) in [5, 5.41) is 0. The number of benzene rings is 2. The molecule has 0 bridgehead atoms. The maximum Gasteiger partial charge on any atom is 0.255 e. The molecular formula is C25H29NO5. The van der Waals surface area contributed by atoms with Gasteiger partial charge in [-0.2, -0.15) is 0 Å². The summed E-state index contributed by atoms with van der Waals surface area (Å²) in [5.41, 5.74) is 3.55. The first-order chi connectivity index (χ1) is 15.1. The van der Waals surface area contributed by atoms with Crippen molar-refractivity contribution >= 4 is 17.1 Å². The van der Waals surface area contributed by atoms with Crippen LogP contribution < -0.4 is 18.9 Å². The van der Waals surface area contributed by atoms with Crippen molar-refractivity contribution in [3.05, 3.63) is 47.5 Å². The summed E-state index contributed by atoms with van der Waals surface area (Å²) in [6.07, 6.45) is 4.04. The number of carbonyl (C=O) groups excluding carboxylic acids is 1. The second-order valence-electron chi connectivity index (χ2n) is 7.85. The molecular weight excluding hydrogens is 394 g/mol. The van der Waals surface area contributed by atoms with Crippen LogP contribution in [0.15, 0.2) is 36.4 Å². The quantitative estimate of drug-likeness (QED) is 0.689. The Morgan fingerprint density at radius 3 is 1.97 bits per heavy atom. The molecule has 1 amide bonds. The van der Waals surface area contributed by atoms with Crippen LogP contribution in [0.5, 0.6) is 23.0 Å². The lowest BCUT2D eigenvalue weighted by molar-refractivity contribution is -0.128. The zero-order valence-corrected chi connectivity index (χ0v) is 18.6. The Bertz CT molecular complexity index is 1010. The predicted molar refractivity (Wildman–Crippen MR) is 120 cm³/mol. The zero-order chi connectivity index (χ0) is 22.0. The van der Waals surface area contributed by atoms with Crippen molar-refractivity contribution in [1.82, 2.24) is 4.90 Å². The number of nitrogens with zero attached hydrogens (tertiary/aromatic N) is 1. The van der Waals surface area contributed by atoms with Gasteiger partial charge in [0.15, 0.2) is 23.0 Å². The van der Waals surface area contributed by atoms with E-state index < -0.39 is 0 Å². The van der Waals surface area contributed by atoms with Crippen LogP contribution in [0.25, 0.3) is 11.1 Å². The van der Waals surface area contributed by atoms with Gasteiger partial charge in [-0.05, 0) is 66.6 Å². The molecule has 0 spiro atoms. The molecule has 1 unspecified atom stereocenters. The summed E-state index contributed by atoms with van der Waals surface area (Å²) < 4.78 is 21.8. The van der Waals surface area contributed by atoms with Gasteiger partial charge in [-0.3, -0.25) is 4.79 Å². The van der Waals surface area contributed by atoms with E-state index in [0.717, 1.165) is 48.9 Å². The number of piperidine rings is 1. The predicted octanol–water partition coefficient (Wildman–Crippen LogP) is 4.42. The summed E-state index contributed by atoms with van der Waals surface area (Å²) in [5.74, 6) is 2.64. The van der Waals surface area contributed by atoms with E-state index in [9.17, 15) is 4.79 Å². The Hall–Kier alpha value is -3.15. The Labute approximate surface area is 183 Å². The van der Waals surface area contributed by atoms with Gasteiger partial charge in [0.05, 0.1) is 34.0 Å². The monoisotopic (exact) mass is 423 g/mol. The number of methoxy groups -OCH3 is 4. The van der Waals surface area contributed by atoms with Crippen LogP contribution in [-0.2, 0) is 4.79 Å². The van der Waals surface area contributed by atoms with E-state index in [1.54, 1.807) is 28.4 Å².